The van der Waals surface area contributed by atoms with Crippen LogP contribution in [0.25, 0.3) is 11.0 Å². The number of H-pyrrole nitrogens is 1. The van der Waals surface area contributed by atoms with E-state index in [-0.39, 0.29) is 35.2 Å². The Kier molecular flexibility index (Phi) is 6.46. The number of carbonyl (C=O) groups excluding carboxylic acids is 3. The second-order valence-corrected chi connectivity index (χ2v) is 7.41. The van der Waals surface area contributed by atoms with Crippen molar-refractivity contribution in [1.29, 1.82) is 0 Å². The second kappa shape index (κ2) is 9.79. The predicted octanol–water partition coefficient (Wildman–Crippen LogP) is 4.54. The number of aromatic nitrogens is 2. The van der Waals surface area contributed by atoms with Gasteiger partial charge in [-0.25, -0.2) is 9.37 Å². The third-order valence-electron chi connectivity index (χ3n) is 5.02. The predicted molar refractivity (Wildman–Crippen MR) is 127 cm³/mol. The fraction of sp³-hybridized carbons (Fsp3) is 0.0769. The van der Waals surface area contributed by atoms with Gasteiger partial charge in [-0.3, -0.25) is 19.7 Å². The normalized spacial score (nSPS) is 10.5. The molecule has 168 valence electrons. The molecule has 3 N–H and O–H groups in total. The third kappa shape index (κ3) is 5.00. The molecule has 1 aromatic heterocycles. The highest BCUT2D eigenvalue weighted by atomic mass is 19.1. The van der Waals surface area contributed by atoms with Gasteiger partial charge in [0.1, 0.15) is 5.82 Å². The van der Waals surface area contributed by atoms with Crippen LogP contribution in [0.5, 0.6) is 0 Å². The molecule has 0 atom stereocenters. The van der Waals surface area contributed by atoms with E-state index in [0.29, 0.717) is 28.7 Å². The fourth-order valence-electron chi connectivity index (χ4n) is 3.36. The Hall–Kier alpha value is -4.77. The van der Waals surface area contributed by atoms with Gasteiger partial charge in [0.15, 0.2) is 5.78 Å². The van der Waals surface area contributed by atoms with E-state index in [9.17, 15) is 18.8 Å². The first kappa shape index (κ1) is 22.4. The van der Waals surface area contributed by atoms with E-state index in [2.05, 4.69) is 26.5 Å². The van der Waals surface area contributed by atoms with Crippen LogP contribution in [0.4, 0.5) is 16.0 Å². The number of ketones is 1. The SMILES string of the molecule is C#CCCC(=O)Nc1nc2ccc(C(=O)c3ccccc3C(=O)Nc3ccc(F)cc3)cc2[nH]1. The number of hydrogen-bond acceptors (Lipinski definition) is 4. The lowest BCUT2D eigenvalue weighted by atomic mass is 9.97. The molecule has 0 saturated carbocycles. The molecule has 0 unspecified atom stereocenters. The molecule has 0 aliphatic rings. The van der Waals surface area contributed by atoms with E-state index in [0.717, 1.165) is 0 Å². The Labute approximate surface area is 194 Å². The highest BCUT2D eigenvalue weighted by Crippen LogP contribution is 2.21. The van der Waals surface area contributed by atoms with Gasteiger partial charge in [0.05, 0.1) is 16.6 Å². The van der Waals surface area contributed by atoms with Crippen molar-refractivity contribution in [2.24, 2.45) is 0 Å². The van der Waals surface area contributed by atoms with Crippen LogP contribution >= 0.6 is 0 Å². The lowest BCUT2D eigenvalue weighted by Crippen LogP contribution is -2.17. The Morgan fingerprint density at radius 3 is 2.44 bits per heavy atom. The molecule has 0 bridgehead atoms. The second-order valence-electron chi connectivity index (χ2n) is 7.41. The average Bonchev–Trinajstić information content (AvgIpc) is 3.25. The number of rotatable bonds is 7. The summed E-state index contributed by atoms with van der Waals surface area (Å²) in [5.74, 6) is 1.11. The summed E-state index contributed by atoms with van der Waals surface area (Å²) < 4.78 is 13.1. The van der Waals surface area contributed by atoms with E-state index in [1.165, 1.54) is 24.3 Å². The smallest absolute Gasteiger partial charge is 0.256 e. The number of nitrogens with zero attached hydrogens (tertiary/aromatic N) is 1. The van der Waals surface area contributed by atoms with E-state index in [1.807, 2.05) is 0 Å². The van der Waals surface area contributed by atoms with Crippen molar-refractivity contribution >= 4 is 40.3 Å². The van der Waals surface area contributed by atoms with Crippen molar-refractivity contribution in [1.82, 2.24) is 9.97 Å². The van der Waals surface area contributed by atoms with Crippen molar-refractivity contribution in [2.45, 2.75) is 12.8 Å². The fourth-order valence-corrected chi connectivity index (χ4v) is 3.36. The Morgan fingerprint density at radius 1 is 0.971 bits per heavy atom. The highest BCUT2D eigenvalue weighted by molar-refractivity contribution is 6.18. The summed E-state index contributed by atoms with van der Waals surface area (Å²) in [6.45, 7) is 0. The minimum Gasteiger partial charge on any atom is -0.324 e. The summed E-state index contributed by atoms with van der Waals surface area (Å²) >= 11 is 0. The first-order chi connectivity index (χ1) is 16.4. The summed E-state index contributed by atoms with van der Waals surface area (Å²) in [5.41, 5.74) is 2.25. The van der Waals surface area contributed by atoms with Gasteiger partial charge < -0.3 is 10.3 Å². The summed E-state index contributed by atoms with van der Waals surface area (Å²) in [5, 5.41) is 5.31. The van der Waals surface area contributed by atoms with Gasteiger partial charge in [0, 0.05) is 29.7 Å². The molecule has 2 amide bonds. The molecule has 0 saturated heterocycles. The molecule has 0 aliphatic heterocycles. The maximum atomic E-state index is 13.3. The van der Waals surface area contributed by atoms with Crippen LogP contribution in [0.2, 0.25) is 0 Å². The molecule has 3 aromatic carbocycles. The molecule has 0 radical (unpaired) electrons. The molecular weight excluding hydrogens is 435 g/mol. The van der Waals surface area contributed by atoms with Crippen LogP contribution in [-0.2, 0) is 4.79 Å². The minimum absolute atomic E-state index is 0.175. The number of fused-ring (bicyclic) bond motifs is 1. The van der Waals surface area contributed by atoms with Crippen molar-refractivity contribution in [2.75, 3.05) is 10.6 Å². The number of terminal acetylenes is 1. The summed E-state index contributed by atoms with van der Waals surface area (Å²) in [7, 11) is 0. The Balaban J connectivity index is 1.57. The van der Waals surface area contributed by atoms with Crippen LogP contribution < -0.4 is 10.6 Å². The van der Waals surface area contributed by atoms with Crippen molar-refractivity contribution in [3.05, 3.63) is 89.2 Å². The lowest BCUT2D eigenvalue weighted by molar-refractivity contribution is -0.116. The molecule has 8 heteroatoms. The van der Waals surface area contributed by atoms with Crippen LogP contribution in [0.1, 0.15) is 39.1 Å². The lowest BCUT2D eigenvalue weighted by Gasteiger charge is -2.10. The molecular formula is C26H19FN4O3. The first-order valence-electron chi connectivity index (χ1n) is 10.4. The monoisotopic (exact) mass is 454 g/mol. The van der Waals surface area contributed by atoms with Gasteiger partial charge in [0.25, 0.3) is 5.91 Å². The number of halogens is 1. The number of benzene rings is 3. The summed E-state index contributed by atoms with van der Waals surface area (Å²) in [6.07, 6.45) is 5.67. The molecule has 7 nitrogen and oxygen atoms in total. The summed E-state index contributed by atoms with van der Waals surface area (Å²) in [4.78, 5) is 45.2. The molecule has 1 heterocycles. The Bertz CT molecular complexity index is 1430. The number of aromatic amines is 1. The largest absolute Gasteiger partial charge is 0.324 e. The summed E-state index contributed by atoms with van der Waals surface area (Å²) in [6, 6.07) is 16.6. The van der Waals surface area contributed by atoms with E-state index in [4.69, 9.17) is 6.42 Å². The molecule has 4 rings (SSSR count). The number of amides is 2. The highest BCUT2D eigenvalue weighted by Gasteiger charge is 2.19. The van der Waals surface area contributed by atoms with Crippen molar-refractivity contribution in [3.63, 3.8) is 0 Å². The van der Waals surface area contributed by atoms with Gasteiger partial charge in [-0.15, -0.1) is 12.3 Å². The first-order valence-corrected chi connectivity index (χ1v) is 10.4. The van der Waals surface area contributed by atoms with Gasteiger partial charge >= 0.3 is 0 Å². The van der Waals surface area contributed by atoms with Gasteiger partial charge in [-0.2, -0.15) is 0 Å². The third-order valence-corrected chi connectivity index (χ3v) is 5.02. The quantitative estimate of drug-likeness (QED) is 0.282. The average molecular weight is 454 g/mol. The van der Waals surface area contributed by atoms with Crippen LogP contribution in [0, 0.1) is 18.2 Å². The van der Waals surface area contributed by atoms with Crippen LogP contribution in [0.3, 0.4) is 0 Å². The number of hydrogen-bond donors (Lipinski definition) is 3. The maximum Gasteiger partial charge on any atom is 0.256 e. The number of anilines is 2. The minimum atomic E-state index is -0.491. The molecule has 0 fully saturated rings. The standard InChI is InChI=1S/C26H19FN4O3/c1-2-3-8-23(32)31-26-29-21-14-9-16(15-22(21)30-26)24(33)19-6-4-5-7-20(19)25(34)28-18-12-10-17(27)11-13-18/h1,4-7,9-15H,3,8H2,(H,28,34)(H2,29,30,31,32). The van der Waals surface area contributed by atoms with Crippen LogP contribution in [0.15, 0.2) is 66.7 Å². The molecule has 34 heavy (non-hydrogen) atoms. The van der Waals surface area contributed by atoms with Crippen molar-refractivity contribution in [3.8, 4) is 12.3 Å². The maximum absolute atomic E-state index is 13.3. The zero-order valence-corrected chi connectivity index (χ0v) is 17.9. The molecule has 0 spiro atoms. The van der Waals surface area contributed by atoms with E-state index in [1.54, 1.807) is 42.5 Å². The Morgan fingerprint density at radius 2 is 1.71 bits per heavy atom. The molecule has 4 aromatic rings. The number of nitrogens with one attached hydrogen (secondary N) is 3. The molecule has 0 aliphatic carbocycles. The van der Waals surface area contributed by atoms with Gasteiger partial charge in [0.2, 0.25) is 11.9 Å². The zero-order chi connectivity index (χ0) is 24.1. The van der Waals surface area contributed by atoms with E-state index < -0.39 is 11.7 Å². The number of carbonyl (C=O) groups is 3. The topological polar surface area (TPSA) is 104 Å². The van der Waals surface area contributed by atoms with E-state index >= 15 is 0 Å². The van der Waals surface area contributed by atoms with Gasteiger partial charge in [-0.1, -0.05) is 18.2 Å². The number of imidazole rings is 1. The van der Waals surface area contributed by atoms with Gasteiger partial charge in [-0.05, 0) is 48.5 Å². The van der Waals surface area contributed by atoms with Crippen LogP contribution in [-0.4, -0.2) is 27.6 Å². The zero-order valence-electron chi connectivity index (χ0n) is 17.9. The van der Waals surface area contributed by atoms with Crippen molar-refractivity contribution < 1.29 is 18.8 Å².